The summed E-state index contributed by atoms with van der Waals surface area (Å²) >= 11 is 0. The maximum Gasteiger partial charge on any atom is 0.218 e. The van der Waals surface area contributed by atoms with Crippen molar-refractivity contribution in [3.8, 4) is 0 Å². The molecule has 1 aliphatic heterocycles. The summed E-state index contributed by atoms with van der Waals surface area (Å²) in [5.74, 6) is 0.0683. The number of nitrogens with zero attached hydrogens (tertiary/aromatic N) is 1. The summed E-state index contributed by atoms with van der Waals surface area (Å²) in [5.41, 5.74) is 0. The minimum atomic E-state index is 0.0683. The molecule has 58 valence electrons. The molecule has 3 nitrogen and oxygen atoms in total. The van der Waals surface area contributed by atoms with E-state index in [-0.39, 0.29) is 12.1 Å². The summed E-state index contributed by atoms with van der Waals surface area (Å²) in [7, 11) is 2.04. The van der Waals surface area contributed by atoms with Crippen LogP contribution in [0, 0.1) is 0 Å². The lowest BCUT2D eigenvalue weighted by atomic mass is 10.3. The van der Waals surface area contributed by atoms with Crippen molar-refractivity contribution in [1.82, 2.24) is 10.2 Å². The van der Waals surface area contributed by atoms with E-state index in [1.54, 1.807) is 6.92 Å². The van der Waals surface area contributed by atoms with Crippen LogP contribution >= 0.6 is 0 Å². The first-order valence-corrected chi connectivity index (χ1v) is 3.67. The number of hydrogen-bond acceptors (Lipinski definition) is 2. The summed E-state index contributed by atoms with van der Waals surface area (Å²) in [5, 5.41) is 2.88. The van der Waals surface area contributed by atoms with Crippen LogP contribution in [0.25, 0.3) is 0 Å². The van der Waals surface area contributed by atoms with Crippen molar-refractivity contribution in [2.24, 2.45) is 0 Å². The van der Waals surface area contributed by atoms with Crippen molar-refractivity contribution in [3.05, 3.63) is 0 Å². The highest BCUT2D eigenvalue weighted by molar-refractivity contribution is 5.73. The van der Waals surface area contributed by atoms with Gasteiger partial charge in [0.15, 0.2) is 0 Å². The Bertz CT molecular complexity index is 136. The van der Waals surface area contributed by atoms with Crippen LogP contribution in [-0.4, -0.2) is 30.6 Å². The van der Waals surface area contributed by atoms with E-state index in [0.717, 1.165) is 13.0 Å². The van der Waals surface area contributed by atoms with E-state index in [1.807, 2.05) is 7.05 Å². The predicted octanol–water partition coefficient (Wildman–Crippen LogP) is 0.174. The van der Waals surface area contributed by atoms with Crippen LogP contribution in [0.1, 0.15) is 19.8 Å². The van der Waals surface area contributed by atoms with Crippen molar-refractivity contribution in [2.75, 3.05) is 13.6 Å². The molecule has 0 saturated carbocycles. The quantitative estimate of drug-likeness (QED) is 0.566. The maximum atomic E-state index is 10.6. The van der Waals surface area contributed by atoms with E-state index in [1.165, 1.54) is 6.42 Å². The van der Waals surface area contributed by atoms with E-state index in [0.29, 0.717) is 0 Å². The Balaban J connectivity index is 2.33. The average Bonchev–Trinajstić information content (AvgIpc) is 2.15. The van der Waals surface area contributed by atoms with Crippen LogP contribution in [0.3, 0.4) is 0 Å². The molecule has 1 aliphatic rings. The van der Waals surface area contributed by atoms with Crippen molar-refractivity contribution in [2.45, 2.75) is 25.9 Å². The highest BCUT2D eigenvalue weighted by Gasteiger charge is 2.20. The highest BCUT2D eigenvalue weighted by atomic mass is 16.1. The molecule has 0 spiro atoms. The molecule has 0 radical (unpaired) electrons. The van der Waals surface area contributed by atoms with Crippen LogP contribution in [-0.2, 0) is 4.79 Å². The van der Waals surface area contributed by atoms with E-state index in [2.05, 4.69) is 10.2 Å². The molecular weight excluding hydrogens is 128 g/mol. The van der Waals surface area contributed by atoms with Gasteiger partial charge in [-0.05, 0) is 26.4 Å². The smallest absolute Gasteiger partial charge is 0.218 e. The van der Waals surface area contributed by atoms with Crippen LogP contribution in [0.2, 0.25) is 0 Å². The van der Waals surface area contributed by atoms with Gasteiger partial charge in [0.2, 0.25) is 5.91 Å². The number of amides is 1. The van der Waals surface area contributed by atoms with Gasteiger partial charge in [-0.3, -0.25) is 9.69 Å². The second kappa shape index (κ2) is 3.01. The monoisotopic (exact) mass is 142 g/mol. The molecule has 3 heteroatoms. The summed E-state index contributed by atoms with van der Waals surface area (Å²) in [6.07, 6.45) is 2.58. The fourth-order valence-corrected chi connectivity index (χ4v) is 1.33. The first kappa shape index (κ1) is 7.54. The van der Waals surface area contributed by atoms with Gasteiger partial charge in [-0.15, -0.1) is 0 Å². The lowest BCUT2D eigenvalue weighted by Gasteiger charge is -2.19. The number of likely N-dealkylation sites (tertiary alicyclic amines) is 1. The largest absolute Gasteiger partial charge is 0.341 e. The molecule has 1 heterocycles. The fraction of sp³-hybridized carbons (Fsp3) is 0.857. The zero-order chi connectivity index (χ0) is 7.56. The minimum absolute atomic E-state index is 0.0683. The van der Waals surface area contributed by atoms with E-state index < -0.39 is 0 Å². The zero-order valence-corrected chi connectivity index (χ0v) is 6.55. The van der Waals surface area contributed by atoms with Gasteiger partial charge in [-0.1, -0.05) is 0 Å². The lowest BCUT2D eigenvalue weighted by Crippen LogP contribution is -2.41. The molecule has 1 rings (SSSR count). The molecule has 0 aromatic heterocycles. The second-order valence-corrected chi connectivity index (χ2v) is 2.84. The molecule has 1 amide bonds. The summed E-state index contributed by atoms with van der Waals surface area (Å²) in [6, 6.07) is 0. The molecule has 0 aromatic carbocycles. The molecule has 1 saturated heterocycles. The second-order valence-electron chi connectivity index (χ2n) is 2.84. The number of carbonyl (C=O) groups excluding carboxylic acids is 1. The third-order valence-electron chi connectivity index (χ3n) is 1.89. The molecule has 10 heavy (non-hydrogen) atoms. The van der Waals surface area contributed by atoms with Crippen molar-refractivity contribution >= 4 is 5.91 Å². The van der Waals surface area contributed by atoms with Crippen LogP contribution in [0.4, 0.5) is 0 Å². The SMILES string of the molecule is CC(=O)NC1CCCN1C. The Kier molecular flexibility index (Phi) is 2.27. The number of nitrogens with one attached hydrogen (secondary N) is 1. The molecule has 1 fully saturated rings. The highest BCUT2D eigenvalue weighted by Crippen LogP contribution is 2.11. The summed E-state index contributed by atoms with van der Waals surface area (Å²) < 4.78 is 0. The third kappa shape index (κ3) is 1.70. The van der Waals surface area contributed by atoms with Crippen molar-refractivity contribution in [1.29, 1.82) is 0 Å². The standard InChI is InChI=1S/C7H14N2O/c1-6(10)8-7-4-3-5-9(7)2/h7H,3-5H2,1-2H3,(H,8,10). The molecular formula is C7H14N2O. The van der Waals surface area contributed by atoms with Gasteiger partial charge in [-0.25, -0.2) is 0 Å². The Hall–Kier alpha value is -0.570. The first-order valence-electron chi connectivity index (χ1n) is 3.67. The molecule has 1 atom stereocenters. The number of hydrogen-bond donors (Lipinski definition) is 1. The Labute approximate surface area is 61.4 Å². The van der Waals surface area contributed by atoms with Crippen LogP contribution in [0.5, 0.6) is 0 Å². The van der Waals surface area contributed by atoms with Gasteiger partial charge in [0.1, 0.15) is 0 Å². The first-order chi connectivity index (χ1) is 4.70. The Morgan fingerprint density at radius 3 is 2.80 bits per heavy atom. The number of rotatable bonds is 1. The van der Waals surface area contributed by atoms with Gasteiger partial charge < -0.3 is 5.32 Å². The van der Waals surface area contributed by atoms with E-state index in [4.69, 9.17) is 0 Å². The van der Waals surface area contributed by atoms with Gasteiger partial charge in [0.25, 0.3) is 0 Å². The fourth-order valence-electron chi connectivity index (χ4n) is 1.33. The van der Waals surface area contributed by atoms with Gasteiger partial charge in [0.05, 0.1) is 6.17 Å². The van der Waals surface area contributed by atoms with Crippen LogP contribution in [0.15, 0.2) is 0 Å². The normalized spacial score (nSPS) is 26.8. The van der Waals surface area contributed by atoms with Gasteiger partial charge in [0, 0.05) is 6.92 Å². The molecule has 1 unspecified atom stereocenters. The van der Waals surface area contributed by atoms with Crippen LogP contribution < -0.4 is 5.32 Å². The Morgan fingerprint density at radius 1 is 1.70 bits per heavy atom. The topological polar surface area (TPSA) is 32.3 Å². The summed E-state index contributed by atoms with van der Waals surface area (Å²) in [4.78, 5) is 12.8. The van der Waals surface area contributed by atoms with Crippen molar-refractivity contribution < 1.29 is 4.79 Å². The predicted molar refractivity (Wildman–Crippen MR) is 39.5 cm³/mol. The minimum Gasteiger partial charge on any atom is -0.341 e. The maximum absolute atomic E-state index is 10.6. The van der Waals surface area contributed by atoms with E-state index in [9.17, 15) is 4.79 Å². The van der Waals surface area contributed by atoms with Gasteiger partial charge >= 0.3 is 0 Å². The van der Waals surface area contributed by atoms with E-state index >= 15 is 0 Å². The third-order valence-corrected chi connectivity index (χ3v) is 1.89. The van der Waals surface area contributed by atoms with Gasteiger partial charge in [-0.2, -0.15) is 0 Å². The lowest BCUT2D eigenvalue weighted by molar-refractivity contribution is -0.120. The average molecular weight is 142 g/mol. The Morgan fingerprint density at radius 2 is 2.40 bits per heavy atom. The summed E-state index contributed by atoms with van der Waals surface area (Å²) in [6.45, 7) is 2.66. The molecule has 0 aromatic rings. The zero-order valence-electron chi connectivity index (χ0n) is 6.55. The molecule has 0 bridgehead atoms. The molecule has 1 N–H and O–H groups in total. The van der Waals surface area contributed by atoms with Crippen molar-refractivity contribution in [3.63, 3.8) is 0 Å². The number of carbonyl (C=O) groups is 1. The molecule has 0 aliphatic carbocycles.